The van der Waals surface area contributed by atoms with E-state index in [0.29, 0.717) is 29.1 Å². The fourth-order valence-corrected chi connectivity index (χ4v) is 4.35. The van der Waals surface area contributed by atoms with E-state index in [4.69, 9.17) is 17.0 Å². The summed E-state index contributed by atoms with van der Waals surface area (Å²) in [5.41, 5.74) is 0.390. The Balaban J connectivity index is 1.68. The van der Waals surface area contributed by atoms with Crippen molar-refractivity contribution in [2.75, 3.05) is 13.1 Å². The van der Waals surface area contributed by atoms with Crippen molar-refractivity contribution in [2.24, 2.45) is 0 Å². The van der Waals surface area contributed by atoms with E-state index >= 15 is 4.39 Å². The van der Waals surface area contributed by atoms with Crippen LogP contribution in [0, 0.1) is 5.41 Å². The zero-order chi connectivity index (χ0) is 22.3. The molecule has 1 aliphatic carbocycles. The van der Waals surface area contributed by atoms with E-state index in [2.05, 4.69) is 24.5 Å². The summed E-state index contributed by atoms with van der Waals surface area (Å²) >= 11 is 11.0. The van der Waals surface area contributed by atoms with E-state index in [-0.39, 0.29) is 39.6 Å². The molecular weight excluding hydrogens is 437 g/mol. The van der Waals surface area contributed by atoms with E-state index in [1.54, 1.807) is 6.07 Å². The van der Waals surface area contributed by atoms with Gasteiger partial charge in [0.25, 0.3) is 0 Å². The van der Waals surface area contributed by atoms with Gasteiger partial charge in [-0.2, -0.15) is 0 Å². The smallest absolute Gasteiger partial charge is 0.243 e. The van der Waals surface area contributed by atoms with Gasteiger partial charge in [-0.25, -0.2) is 4.39 Å². The third-order valence-corrected chi connectivity index (χ3v) is 6.11. The predicted molar refractivity (Wildman–Crippen MR) is 125 cm³/mol. The van der Waals surface area contributed by atoms with Gasteiger partial charge in [0.05, 0.1) is 16.1 Å². The number of carbonyl (C=O) groups is 1. The molecule has 5 nitrogen and oxygen atoms in total. The van der Waals surface area contributed by atoms with Crippen molar-refractivity contribution < 1.29 is 14.3 Å². The Hall–Kier alpha value is -3.03. The van der Waals surface area contributed by atoms with Crippen molar-refractivity contribution in [3.8, 4) is 5.75 Å². The summed E-state index contributed by atoms with van der Waals surface area (Å²) in [5.74, 6) is -1.07. The number of phenols is 1. The number of nitrogens with one attached hydrogen (secondary N) is 2. The highest BCUT2D eigenvalue weighted by molar-refractivity contribution is 7.84. The lowest BCUT2D eigenvalue weighted by Crippen LogP contribution is -2.58. The van der Waals surface area contributed by atoms with Crippen LogP contribution in [0.5, 0.6) is 5.75 Å². The normalized spacial score (nSPS) is 18.6. The molecule has 1 saturated heterocycles. The number of halogens is 2. The van der Waals surface area contributed by atoms with Gasteiger partial charge >= 0.3 is 0 Å². The van der Waals surface area contributed by atoms with Crippen molar-refractivity contribution in [3.05, 3.63) is 82.2 Å². The Bertz CT molecular complexity index is 1230. The van der Waals surface area contributed by atoms with Crippen molar-refractivity contribution in [1.82, 2.24) is 10.2 Å². The van der Waals surface area contributed by atoms with Crippen LogP contribution >= 0.6 is 24.2 Å². The van der Waals surface area contributed by atoms with Gasteiger partial charge in [0.2, 0.25) is 5.91 Å². The number of aromatic hydroxyl groups is 1. The van der Waals surface area contributed by atoms with E-state index in [1.807, 2.05) is 29.2 Å². The van der Waals surface area contributed by atoms with Crippen molar-refractivity contribution in [2.45, 2.75) is 6.04 Å². The number of benzene rings is 2. The van der Waals surface area contributed by atoms with Gasteiger partial charge in [0.15, 0.2) is 5.83 Å². The van der Waals surface area contributed by atoms with Crippen LogP contribution in [0.4, 0.5) is 4.39 Å². The van der Waals surface area contributed by atoms with Crippen LogP contribution < -0.4 is 5.32 Å². The lowest BCUT2D eigenvalue weighted by atomic mass is 9.90. The fraction of sp³-hybridized carbons (Fsp3) is 0.130. The molecule has 4 rings (SSSR count). The molecule has 0 unspecified atom stereocenters. The number of thiol groups is 1. The maximum absolute atomic E-state index is 15.4. The van der Waals surface area contributed by atoms with Crippen LogP contribution in [0.25, 0.3) is 16.3 Å². The maximum atomic E-state index is 15.4. The van der Waals surface area contributed by atoms with E-state index in [0.717, 1.165) is 5.39 Å². The second-order valence-corrected chi connectivity index (χ2v) is 8.15. The number of nitrogens with zero attached hydrogens (tertiary/aromatic N) is 1. The monoisotopic (exact) mass is 455 g/mol. The van der Waals surface area contributed by atoms with Gasteiger partial charge in [-0.1, -0.05) is 42.4 Å². The first-order valence-electron chi connectivity index (χ1n) is 9.50. The molecule has 0 spiro atoms. The summed E-state index contributed by atoms with van der Waals surface area (Å²) in [7, 11) is 0. The fourth-order valence-electron chi connectivity index (χ4n) is 3.72. The van der Waals surface area contributed by atoms with E-state index < -0.39 is 5.83 Å². The SMILES string of the molecule is C=CC(=O)NC1CN(/C(S)=C2\C=C(Cl)C(c3cc(O)cc4ccccc34)=C(F)C2=N)C1. The number of allylic oxidation sites excluding steroid dienone is 5. The molecule has 0 radical (unpaired) electrons. The van der Waals surface area contributed by atoms with Gasteiger partial charge in [-0.3, -0.25) is 10.2 Å². The Labute approximate surface area is 189 Å². The number of amides is 1. The Kier molecular flexibility index (Phi) is 5.64. The lowest BCUT2D eigenvalue weighted by molar-refractivity contribution is -0.118. The van der Waals surface area contributed by atoms with Gasteiger partial charge in [-0.15, -0.1) is 12.6 Å². The minimum Gasteiger partial charge on any atom is -0.508 e. The van der Waals surface area contributed by atoms with E-state index in [9.17, 15) is 9.90 Å². The lowest BCUT2D eigenvalue weighted by Gasteiger charge is -2.42. The highest BCUT2D eigenvalue weighted by atomic mass is 35.5. The molecule has 1 fully saturated rings. The predicted octanol–water partition coefficient (Wildman–Crippen LogP) is 4.51. The van der Waals surface area contributed by atoms with Gasteiger partial charge in [-0.05, 0) is 40.6 Å². The third-order valence-electron chi connectivity index (χ3n) is 5.29. The molecule has 3 N–H and O–H groups in total. The van der Waals surface area contributed by atoms with Crippen molar-refractivity contribution in [1.29, 1.82) is 5.41 Å². The molecule has 8 heteroatoms. The molecule has 0 aromatic heterocycles. The summed E-state index contributed by atoms with van der Waals surface area (Å²) in [6.07, 6.45) is 2.72. The number of likely N-dealkylation sites (tertiary alicyclic amines) is 1. The number of carbonyl (C=O) groups excluding carboxylic acids is 1. The molecule has 1 heterocycles. The number of hydrogen-bond donors (Lipinski definition) is 4. The Morgan fingerprint density at radius 2 is 2.06 bits per heavy atom. The maximum Gasteiger partial charge on any atom is 0.243 e. The molecule has 2 aromatic carbocycles. The molecule has 0 atom stereocenters. The first-order chi connectivity index (χ1) is 14.8. The first kappa shape index (κ1) is 21.2. The Morgan fingerprint density at radius 1 is 1.35 bits per heavy atom. The zero-order valence-corrected chi connectivity index (χ0v) is 18.0. The van der Waals surface area contributed by atoms with Gasteiger partial charge < -0.3 is 15.3 Å². The molecule has 158 valence electrons. The van der Waals surface area contributed by atoms with Crippen LogP contribution in [-0.2, 0) is 4.79 Å². The highest BCUT2D eigenvalue weighted by Gasteiger charge is 2.33. The molecule has 2 aromatic rings. The minimum absolute atomic E-state index is 0.0191. The molecule has 0 saturated carbocycles. The van der Waals surface area contributed by atoms with Gasteiger partial charge in [0, 0.05) is 24.2 Å². The second kappa shape index (κ2) is 8.24. The average Bonchev–Trinajstić information content (AvgIpc) is 2.72. The third kappa shape index (κ3) is 3.86. The summed E-state index contributed by atoms with van der Waals surface area (Å²) in [5, 5.41) is 23.2. The minimum atomic E-state index is -0.790. The Morgan fingerprint density at radius 3 is 2.77 bits per heavy atom. The molecule has 31 heavy (non-hydrogen) atoms. The standard InChI is InChI=1S/C23H19ClFN3O2S/c1-2-19(30)27-13-10-28(11-13)23(31)17-9-18(24)20(21(25)22(17)26)16-8-14(29)7-12-5-3-4-6-15(12)16/h2-9,13,26,29,31H,1,10-11H2,(H,27,30)/b23-17-,26-22?. The quantitative estimate of drug-likeness (QED) is 0.404. The van der Waals surface area contributed by atoms with Crippen LogP contribution in [0.3, 0.4) is 0 Å². The van der Waals surface area contributed by atoms with Crippen LogP contribution in [0.15, 0.2) is 76.6 Å². The largest absolute Gasteiger partial charge is 0.508 e. The molecule has 0 bridgehead atoms. The summed E-state index contributed by atoms with van der Waals surface area (Å²) in [6.45, 7) is 4.38. The number of fused-ring (bicyclic) bond motifs is 1. The van der Waals surface area contributed by atoms with Crippen LogP contribution in [0.2, 0.25) is 0 Å². The highest BCUT2D eigenvalue weighted by Crippen LogP contribution is 2.42. The van der Waals surface area contributed by atoms with Crippen molar-refractivity contribution in [3.63, 3.8) is 0 Å². The van der Waals surface area contributed by atoms with Crippen LogP contribution in [0.1, 0.15) is 5.56 Å². The zero-order valence-electron chi connectivity index (χ0n) is 16.3. The second-order valence-electron chi connectivity index (χ2n) is 7.32. The van der Waals surface area contributed by atoms with Crippen LogP contribution in [-0.4, -0.2) is 40.8 Å². The number of phenolic OH excluding ortho intramolecular Hbond substituents is 1. The van der Waals surface area contributed by atoms with Gasteiger partial charge in [0.1, 0.15) is 11.5 Å². The topological polar surface area (TPSA) is 76.4 Å². The molecule has 1 amide bonds. The summed E-state index contributed by atoms with van der Waals surface area (Å²) < 4.78 is 15.4. The number of rotatable bonds is 4. The van der Waals surface area contributed by atoms with E-state index in [1.165, 1.54) is 18.2 Å². The van der Waals surface area contributed by atoms with Crippen molar-refractivity contribution >= 4 is 52.2 Å². The summed E-state index contributed by atoms with van der Waals surface area (Å²) in [6, 6.07) is 10.2. The number of hydrogen-bond acceptors (Lipinski definition) is 5. The summed E-state index contributed by atoms with van der Waals surface area (Å²) in [4.78, 5) is 13.2. The molecular formula is C23H19ClFN3O2S. The molecule has 1 aliphatic heterocycles. The first-order valence-corrected chi connectivity index (χ1v) is 10.3. The molecule has 2 aliphatic rings. The average molecular weight is 456 g/mol.